The standard InChI is InChI=1S/C23H39NO6.ClH/c1-26-23(25)7-6-15-28-18-20-29-19-17-27-14-4-2-3-5-16-30-22-10-8-21(9-11-22)12-13-24;/h8-11H,2-7,12-20,24H2,1H3;1H. The molecule has 0 aromatic heterocycles. The number of hydrogen-bond acceptors (Lipinski definition) is 7. The van der Waals surface area contributed by atoms with E-state index in [1.54, 1.807) is 0 Å². The zero-order valence-corrected chi connectivity index (χ0v) is 19.7. The zero-order valence-electron chi connectivity index (χ0n) is 18.9. The molecule has 0 radical (unpaired) electrons. The van der Waals surface area contributed by atoms with Crippen molar-refractivity contribution in [2.75, 3.05) is 59.9 Å². The number of halogens is 1. The number of carbonyl (C=O) groups excluding carboxylic acids is 1. The SMILES string of the molecule is COC(=O)CCCOCCOCCOCCCCCCOc1ccc(CCN)cc1.Cl. The number of benzene rings is 1. The second-order valence-corrected chi connectivity index (χ2v) is 6.96. The van der Waals surface area contributed by atoms with Gasteiger partial charge in [0.25, 0.3) is 0 Å². The minimum absolute atomic E-state index is 0. The highest BCUT2D eigenvalue weighted by atomic mass is 35.5. The second-order valence-electron chi connectivity index (χ2n) is 6.96. The fraction of sp³-hybridized carbons (Fsp3) is 0.696. The molecule has 1 aromatic carbocycles. The molecule has 0 amide bonds. The van der Waals surface area contributed by atoms with Gasteiger partial charge in [-0.15, -0.1) is 12.4 Å². The summed E-state index contributed by atoms with van der Waals surface area (Å²) in [6, 6.07) is 8.17. The molecule has 0 unspecified atom stereocenters. The summed E-state index contributed by atoms with van der Waals surface area (Å²) in [4.78, 5) is 10.9. The highest BCUT2D eigenvalue weighted by Crippen LogP contribution is 2.13. The van der Waals surface area contributed by atoms with Crippen LogP contribution in [0, 0.1) is 0 Å². The molecule has 0 fully saturated rings. The smallest absolute Gasteiger partial charge is 0.305 e. The van der Waals surface area contributed by atoms with Gasteiger partial charge in [-0.2, -0.15) is 0 Å². The molecule has 2 N–H and O–H groups in total. The Bertz CT molecular complexity index is 529. The van der Waals surface area contributed by atoms with E-state index in [1.807, 2.05) is 12.1 Å². The van der Waals surface area contributed by atoms with Crippen molar-refractivity contribution < 1.29 is 28.5 Å². The second kappa shape index (κ2) is 21.8. The molecule has 0 saturated heterocycles. The molecule has 8 heteroatoms. The summed E-state index contributed by atoms with van der Waals surface area (Å²) in [5.74, 6) is 0.718. The van der Waals surface area contributed by atoms with E-state index in [0.717, 1.165) is 51.1 Å². The summed E-state index contributed by atoms with van der Waals surface area (Å²) < 4.78 is 26.7. The lowest BCUT2D eigenvalue weighted by atomic mass is 10.1. The Morgan fingerprint density at radius 1 is 0.774 bits per heavy atom. The molecule has 0 saturated carbocycles. The lowest BCUT2D eigenvalue weighted by molar-refractivity contribution is -0.141. The molecular formula is C23H40ClNO6. The van der Waals surface area contributed by atoms with E-state index in [9.17, 15) is 4.79 Å². The highest BCUT2D eigenvalue weighted by molar-refractivity contribution is 5.85. The van der Waals surface area contributed by atoms with E-state index in [4.69, 9.17) is 24.7 Å². The minimum atomic E-state index is -0.204. The third-order valence-electron chi connectivity index (χ3n) is 4.45. The van der Waals surface area contributed by atoms with Gasteiger partial charge in [0.15, 0.2) is 0 Å². The summed E-state index contributed by atoms with van der Waals surface area (Å²) in [5, 5.41) is 0. The molecule has 7 nitrogen and oxygen atoms in total. The Labute approximate surface area is 193 Å². The number of nitrogens with two attached hydrogens (primary N) is 1. The van der Waals surface area contributed by atoms with E-state index in [-0.39, 0.29) is 18.4 Å². The average molecular weight is 462 g/mol. The summed E-state index contributed by atoms with van der Waals surface area (Å²) in [7, 11) is 1.39. The van der Waals surface area contributed by atoms with Crippen LogP contribution in [0.3, 0.4) is 0 Å². The maximum Gasteiger partial charge on any atom is 0.305 e. The van der Waals surface area contributed by atoms with Crippen LogP contribution in [0.5, 0.6) is 5.75 Å². The van der Waals surface area contributed by atoms with Crippen LogP contribution in [0.2, 0.25) is 0 Å². The molecule has 0 spiro atoms. The van der Waals surface area contributed by atoms with Crippen LogP contribution in [0.4, 0.5) is 0 Å². The van der Waals surface area contributed by atoms with Crippen LogP contribution in [0.25, 0.3) is 0 Å². The minimum Gasteiger partial charge on any atom is -0.494 e. The van der Waals surface area contributed by atoms with Crippen molar-refractivity contribution in [3.63, 3.8) is 0 Å². The molecule has 0 atom stereocenters. The first-order valence-corrected chi connectivity index (χ1v) is 11.0. The van der Waals surface area contributed by atoms with Gasteiger partial charge in [-0.25, -0.2) is 0 Å². The quantitative estimate of drug-likeness (QED) is 0.234. The Balaban J connectivity index is 0.00000900. The van der Waals surface area contributed by atoms with Crippen molar-refractivity contribution in [2.24, 2.45) is 5.73 Å². The number of hydrogen-bond donors (Lipinski definition) is 1. The van der Waals surface area contributed by atoms with Crippen molar-refractivity contribution in [3.8, 4) is 5.75 Å². The van der Waals surface area contributed by atoms with Crippen LogP contribution < -0.4 is 10.5 Å². The molecule has 0 bridgehead atoms. The van der Waals surface area contributed by atoms with E-state index in [0.29, 0.717) is 52.4 Å². The molecule has 0 heterocycles. The van der Waals surface area contributed by atoms with Crippen LogP contribution in [0.1, 0.15) is 44.1 Å². The molecule has 1 aromatic rings. The van der Waals surface area contributed by atoms with Gasteiger partial charge >= 0.3 is 5.97 Å². The van der Waals surface area contributed by atoms with Crippen LogP contribution in [0.15, 0.2) is 24.3 Å². The Kier molecular flexibility index (Phi) is 20.9. The summed E-state index contributed by atoms with van der Waals surface area (Å²) in [6.07, 6.45) is 6.34. The van der Waals surface area contributed by atoms with Crippen LogP contribution in [-0.4, -0.2) is 65.9 Å². The van der Waals surface area contributed by atoms with Gasteiger partial charge < -0.3 is 29.4 Å². The van der Waals surface area contributed by atoms with Crippen LogP contribution >= 0.6 is 12.4 Å². The van der Waals surface area contributed by atoms with Gasteiger partial charge in [-0.05, 0) is 56.3 Å². The maximum atomic E-state index is 10.9. The number of rotatable bonds is 20. The highest BCUT2D eigenvalue weighted by Gasteiger charge is 1.99. The normalized spacial score (nSPS) is 10.5. The summed E-state index contributed by atoms with van der Waals surface area (Å²) in [6.45, 7) is 4.97. The monoisotopic (exact) mass is 461 g/mol. The lowest BCUT2D eigenvalue weighted by Crippen LogP contribution is -2.11. The average Bonchev–Trinajstić information content (AvgIpc) is 2.77. The molecule has 0 aliphatic rings. The van der Waals surface area contributed by atoms with Gasteiger partial charge in [-0.3, -0.25) is 4.79 Å². The molecule has 1 rings (SSSR count). The molecule has 0 aliphatic carbocycles. The van der Waals surface area contributed by atoms with Crippen molar-refractivity contribution >= 4 is 18.4 Å². The number of carbonyl (C=O) groups is 1. The fourth-order valence-corrected chi connectivity index (χ4v) is 2.73. The van der Waals surface area contributed by atoms with Crippen molar-refractivity contribution in [1.29, 1.82) is 0 Å². The van der Waals surface area contributed by atoms with E-state index in [2.05, 4.69) is 16.9 Å². The van der Waals surface area contributed by atoms with E-state index < -0.39 is 0 Å². The Morgan fingerprint density at radius 3 is 1.90 bits per heavy atom. The number of methoxy groups -OCH3 is 1. The first kappa shape index (κ1) is 29.6. The number of esters is 1. The van der Waals surface area contributed by atoms with Gasteiger partial charge in [0.1, 0.15) is 5.75 Å². The Morgan fingerprint density at radius 2 is 1.32 bits per heavy atom. The number of ether oxygens (including phenoxy) is 5. The molecule has 0 aliphatic heterocycles. The molecule has 31 heavy (non-hydrogen) atoms. The maximum absolute atomic E-state index is 10.9. The summed E-state index contributed by atoms with van der Waals surface area (Å²) in [5.41, 5.74) is 6.80. The first-order chi connectivity index (χ1) is 14.8. The van der Waals surface area contributed by atoms with Gasteiger partial charge in [-0.1, -0.05) is 18.6 Å². The summed E-state index contributed by atoms with van der Waals surface area (Å²) >= 11 is 0. The predicted molar refractivity (Wildman–Crippen MR) is 124 cm³/mol. The van der Waals surface area contributed by atoms with E-state index in [1.165, 1.54) is 12.7 Å². The third kappa shape index (κ3) is 17.9. The number of unbranched alkanes of at least 4 members (excludes halogenated alkanes) is 3. The topological polar surface area (TPSA) is 89.2 Å². The van der Waals surface area contributed by atoms with Crippen molar-refractivity contribution in [1.82, 2.24) is 0 Å². The molecule has 180 valence electrons. The predicted octanol–water partition coefficient (Wildman–Crippen LogP) is 3.55. The first-order valence-electron chi connectivity index (χ1n) is 11.0. The molecular weight excluding hydrogens is 422 g/mol. The fourth-order valence-electron chi connectivity index (χ4n) is 2.73. The lowest BCUT2D eigenvalue weighted by Gasteiger charge is -2.08. The Hall–Kier alpha value is -1.38. The third-order valence-corrected chi connectivity index (χ3v) is 4.45. The van der Waals surface area contributed by atoms with Gasteiger partial charge in [0, 0.05) is 19.6 Å². The van der Waals surface area contributed by atoms with Gasteiger partial charge in [0.2, 0.25) is 0 Å². The van der Waals surface area contributed by atoms with Crippen molar-refractivity contribution in [2.45, 2.75) is 44.9 Å². The van der Waals surface area contributed by atoms with Crippen LogP contribution in [-0.2, 0) is 30.2 Å². The van der Waals surface area contributed by atoms with Gasteiger partial charge in [0.05, 0.1) is 40.1 Å². The largest absolute Gasteiger partial charge is 0.494 e. The zero-order chi connectivity index (χ0) is 21.7. The van der Waals surface area contributed by atoms with Crippen molar-refractivity contribution in [3.05, 3.63) is 29.8 Å². The van der Waals surface area contributed by atoms with E-state index >= 15 is 0 Å².